The molecule has 0 atom stereocenters. The Morgan fingerprint density at radius 1 is 0.969 bits per heavy atom. The minimum atomic E-state index is -3.86. The van der Waals surface area contributed by atoms with Crippen LogP contribution in [0.4, 0.5) is 5.69 Å². The Kier molecular flexibility index (Phi) is 5.29. The van der Waals surface area contributed by atoms with E-state index >= 15 is 0 Å². The molecule has 0 saturated heterocycles. The van der Waals surface area contributed by atoms with Gasteiger partial charge in [-0.2, -0.15) is 5.21 Å². The lowest BCUT2D eigenvalue weighted by molar-refractivity contribution is 0.469. The Hall–Kier alpha value is -3.41. The predicted molar refractivity (Wildman–Crippen MR) is 124 cm³/mol. The number of hydrogen-bond acceptors (Lipinski definition) is 8. The van der Waals surface area contributed by atoms with Gasteiger partial charge in [-0.25, -0.2) is 8.42 Å². The van der Waals surface area contributed by atoms with Crippen molar-refractivity contribution in [3.05, 3.63) is 72.8 Å². The van der Waals surface area contributed by atoms with Crippen LogP contribution in [0.5, 0.6) is 5.75 Å². The molecule has 160 valence electrons. The topological polar surface area (TPSA) is 121 Å². The van der Waals surface area contributed by atoms with Gasteiger partial charge in [0.25, 0.3) is 10.0 Å². The van der Waals surface area contributed by atoms with Crippen LogP contribution in [0.15, 0.2) is 87.1 Å². The lowest BCUT2D eigenvalue weighted by Crippen LogP contribution is -2.11. The first-order valence-electron chi connectivity index (χ1n) is 9.35. The van der Waals surface area contributed by atoms with E-state index in [1.807, 2.05) is 30.3 Å². The zero-order valence-corrected chi connectivity index (χ0v) is 18.7. The monoisotopic (exact) mass is 481 g/mol. The number of rotatable bonds is 6. The predicted octanol–water partition coefficient (Wildman–Crippen LogP) is 4.74. The van der Waals surface area contributed by atoms with Gasteiger partial charge in [-0.15, -0.1) is 21.5 Å². The number of aromatic hydroxyl groups is 1. The molecule has 0 amide bonds. The molecule has 0 unspecified atom stereocenters. The SMILES string of the molecule is O=S(=O)(Nc1cc(Sc2nn[nH]n2)c(O)c2ccccc12)c1ccc(-c2ccccc2)s1. The van der Waals surface area contributed by atoms with Crippen molar-refractivity contribution < 1.29 is 13.5 Å². The summed E-state index contributed by atoms with van der Waals surface area (Å²) in [6.07, 6.45) is 0. The van der Waals surface area contributed by atoms with Crippen LogP contribution in [-0.4, -0.2) is 34.1 Å². The van der Waals surface area contributed by atoms with Crippen molar-refractivity contribution in [3.8, 4) is 16.2 Å². The van der Waals surface area contributed by atoms with Gasteiger partial charge in [0, 0.05) is 15.6 Å². The van der Waals surface area contributed by atoms with Crippen molar-refractivity contribution in [2.24, 2.45) is 0 Å². The summed E-state index contributed by atoms with van der Waals surface area (Å²) in [6.45, 7) is 0. The smallest absolute Gasteiger partial charge is 0.271 e. The molecule has 0 spiro atoms. The number of hydrogen-bond donors (Lipinski definition) is 3. The molecule has 0 saturated carbocycles. The number of anilines is 1. The number of benzene rings is 3. The fraction of sp³-hybridized carbons (Fsp3) is 0. The quantitative estimate of drug-likeness (QED) is 0.300. The Bertz CT molecular complexity index is 1500. The van der Waals surface area contributed by atoms with E-state index < -0.39 is 10.0 Å². The lowest BCUT2D eigenvalue weighted by atomic mass is 10.1. The van der Waals surface area contributed by atoms with Crippen molar-refractivity contribution in [1.82, 2.24) is 20.6 Å². The average Bonchev–Trinajstić information content (AvgIpc) is 3.50. The number of fused-ring (bicyclic) bond motifs is 1. The Balaban J connectivity index is 1.54. The van der Waals surface area contributed by atoms with E-state index in [0.717, 1.165) is 22.2 Å². The van der Waals surface area contributed by atoms with Crippen LogP contribution in [0.3, 0.4) is 0 Å². The molecule has 32 heavy (non-hydrogen) atoms. The van der Waals surface area contributed by atoms with E-state index in [0.29, 0.717) is 26.5 Å². The van der Waals surface area contributed by atoms with E-state index in [-0.39, 0.29) is 9.96 Å². The maximum atomic E-state index is 13.2. The number of sulfonamides is 1. The van der Waals surface area contributed by atoms with Gasteiger partial charge in [0.05, 0.1) is 10.6 Å². The van der Waals surface area contributed by atoms with Crippen LogP contribution in [0.1, 0.15) is 0 Å². The minimum absolute atomic E-state index is 0.0147. The summed E-state index contributed by atoms with van der Waals surface area (Å²) in [6, 6.07) is 21.6. The molecule has 3 aromatic carbocycles. The molecular formula is C21H15N5O3S3. The average molecular weight is 482 g/mol. The number of H-pyrrole nitrogens is 1. The molecule has 0 radical (unpaired) electrons. The van der Waals surface area contributed by atoms with Crippen molar-refractivity contribution in [1.29, 1.82) is 0 Å². The lowest BCUT2D eigenvalue weighted by Gasteiger charge is -2.13. The molecule has 0 bridgehead atoms. The normalized spacial score (nSPS) is 11.6. The van der Waals surface area contributed by atoms with Crippen molar-refractivity contribution in [2.45, 2.75) is 14.3 Å². The number of aromatic amines is 1. The summed E-state index contributed by atoms with van der Waals surface area (Å²) in [5, 5.41) is 25.8. The number of aromatic nitrogens is 4. The number of nitrogens with zero attached hydrogens (tertiary/aromatic N) is 3. The second-order valence-corrected chi connectivity index (χ2v) is 10.7. The molecule has 2 heterocycles. The van der Waals surface area contributed by atoms with Crippen LogP contribution < -0.4 is 4.72 Å². The molecule has 11 heteroatoms. The Morgan fingerprint density at radius 2 is 1.72 bits per heavy atom. The van der Waals surface area contributed by atoms with E-state index in [4.69, 9.17) is 0 Å². The highest BCUT2D eigenvalue weighted by molar-refractivity contribution is 7.99. The first-order valence-corrected chi connectivity index (χ1v) is 12.5. The molecule has 8 nitrogen and oxygen atoms in total. The maximum absolute atomic E-state index is 13.2. The molecular weight excluding hydrogens is 466 g/mol. The Morgan fingerprint density at radius 3 is 2.47 bits per heavy atom. The third kappa shape index (κ3) is 3.93. The van der Waals surface area contributed by atoms with Gasteiger partial charge in [-0.05, 0) is 40.7 Å². The van der Waals surface area contributed by atoms with Crippen molar-refractivity contribution in [3.63, 3.8) is 0 Å². The summed E-state index contributed by atoms with van der Waals surface area (Å²) < 4.78 is 29.3. The van der Waals surface area contributed by atoms with E-state index in [9.17, 15) is 13.5 Å². The van der Waals surface area contributed by atoms with E-state index in [1.54, 1.807) is 42.5 Å². The molecule has 0 aliphatic carbocycles. The van der Waals surface area contributed by atoms with Gasteiger partial charge in [0.15, 0.2) is 0 Å². The summed E-state index contributed by atoms with van der Waals surface area (Å²) in [7, 11) is -3.86. The zero-order chi connectivity index (χ0) is 22.1. The zero-order valence-electron chi connectivity index (χ0n) is 16.3. The van der Waals surface area contributed by atoms with Gasteiger partial charge < -0.3 is 5.11 Å². The van der Waals surface area contributed by atoms with Crippen LogP contribution >= 0.6 is 23.1 Å². The highest BCUT2D eigenvalue weighted by Crippen LogP contribution is 2.42. The standard InChI is InChI=1S/C21H15N5O3S3/c27-20-15-9-5-4-8-14(15)16(12-18(20)31-21-22-25-26-23-21)24-32(28,29)19-11-10-17(30-19)13-6-2-1-3-7-13/h1-12,24,27H,(H,22,23,25,26). The van der Waals surface area contributed by atoms with Gasteiger partial charge in [-0.3, -0.25) is 4.72 Å². The van der Waals surface area contributed by atoms with E-state index in [2.05, 4.69) is 25.3 Å². The van der Waals surface area contributed by atoms with Crippen molar-refractivity contribution in [2.75, 3.05) is 4.72 Å². The third-order valence-electron chi connectivity index (χ3n) is 4.66. The van der Waals surface area contributed by atoms with Crippen molar-refractivity contribution >= 4 is 49.6 Å². The number of phenolic OH excluding ortho intramolecular Hbond substituents is 1. The molecule has 0 aliphatic rings. The first kappa shape index (κ1) is 20.5. The van der Waals surface area contributed by atoms with Gasteiger partial charge in [0.2, 0.25) is 5.16 Å². The molecule has 5 aromatic rings. The minimum Gasteiger partial charge on any atom is -0.506 e. The van der Waals surface area contributed by atoms with Crippen LogP contribution in [0.2, 0.25) is 0 Å². The number of thiophene rings is 1. The Labute approximate surface area is 191 Å². The maximum Gasteiger partial charge on any atom is 0.271 e. The first-order chi connectivity index (χ1) is 15.5. The fourth-order valence-corrected chi connectivity index (χ4v) is 6.34. The number of tetrazole rings is 1. The molecule has 3 N–H and O–H groups in total. The van der Waals surface area contributed by atoms with Crippen LogP contribution in [0, 0.1) is 0 Å². The van der Waals surface area contributed by atoms with E-state index in [1.165, 1.54) is 11.3 Å². The van der Waals surface area contributed by atoms with Crippen LogP contribution in [0.25, 0.3) is 21.2 Å². The summed E-state index contributed by atoms with van der Waals surface area (Å²) in [4.78, 5) is 1.26. The number of nitrogens with one attached hydrogen (secondary N) is 2. The highest BCUT2D eigenvalue weighted by atomic mass is 32.2. The summed E-state index contributed by atoms with van der Waals surface area (Å²) >= 11 is 2.27. The highest BCUT2D eigenvalue weighted by Gasteiger charge is 2.21. The second-order valence-electron chi connectivity index (χ2n) is 6.70. The number of phenols is 1. The van der Waals surface area contributed by atoms with Gasteiger partial charge in [-0.1, -0.05) is 54.6 Å². The second kappa shape index (κ2) is 8.26. The van der Waals surface area contributed by atoms with Gasteiger partial charge in [0.1, 0.15) is 9.96 Å². The summed E-state index contributed by atoms with van der Waals surface area (Å²) in [5.41, 5.74) is 1.30. The molecule has 5 rings (SSSR count). The molecule has 2 aromatic heterocycles. The molecule has 0 fully saturated rings. The molecule has 0 aliphatic heterocycles. The van der Waals surface area contributed by atoms with Crippen LogP contribution in [-0.2, 0) is 10.0 Å². The fourth-order valence-electron chi connectivity index (χ4n) is 3.21. The van der Waals surface area contributed by atoms with Gasteiger partial charge >= 0.3 is 0 Å². The third-order valence-corrected chi connectivity index (χ3v) is 8.54. The largest absolute Gasteiger partial charge is 0.506 e. The summed E-state index contributed by atoms with van der Waals surface area (Å²) in [5.74, 6) is 0.0147.